The lowest BCUT2D eigenvalue weighted by Crippen LogP contribution is -2.33. The molecule has 0 aliphatic carbocycles. The molecular formula is C10H18N4O2S. The number of methoxy groups -OCH3 is 1. The number of rotatable bonds is 4. The van der Waals surface area contributed by atoms with Gasteiger partial charge in [-0.2, -0.15) is 16.7 Å². The minimum absolute atomic E-state index is 0.223. The first-order valence-corrected chi connectivity index (χ1v) is 6.74. The van der Waals surface area contributed by atoms with Crippen LogP contribution in [0.25, 0.3) is 0 Å². The second-order valence-corrected chi connectivity index (χ2v) is 5.27. The number of aromatic nitrogens is 2. The largest absolute Gasteiger partial charge is 0.383 e. The zero-order chi connectivity index (χ0) is 12.3. The third-order valence-electron chi connectivity index (χ3n) is 2.82. The molecule has 2 N–H and O–H groups in total. The highest BCUT2D eigenvalue weighted by atomic mass is 32.2. The summed E-state index contributed by atoms with van der Waals surface area (Å²) in [6, 6.07) is -0.121. The van der Waals surface area contributed by atoms with Crippen LogP contribution in [0.5, 0.6) is 0 Å². The molecule has 0 radical (unpaired) electrons. The van der Waals surface area contributed by atoms with Crippen molar-refractivity contribution in [3.8, 4) is 0 Å². The molecule has 0 bridgehead atoms. The summed E-state index contributed by atoms with van der Waals surface area (Å²) >= 11 is 1.91. The zero-order valence-electron chi connectivity index (χ0n) is 10.1. The van der Waals surface area contributed by atoms with Crippen LogP contribution in [0, 0.1) is 0 Å². The van der Waals surface area contributed by atoms with Gasteiger partial charge in [0.2, 0.25) is 5.89 Å². The van der Waals surface area contributed by atoms with Gasteiger partial charge < -0.3 is 15.0 Å². The third-order valence-corrected chi connectivity index (χ3v) is 3.84. The molecule has 1 aromatic rings. The predicted octanol–water partition coefficient (Wildman–Crippen LogP) is 0.436. The van der Waals surface area contributed by atoms with Crippen LogP contribution < -0.4 is 5.73 Å². The lowest BCUT2D eigenvalue weighted by Gasteiger charge is -2.29. The van der Waals surface area contributed by atoms with E-state index in [-0.39, 0.29) is 12.1 Å². The highest BCUT2D eigenvalue weighted by Gasteiger charge is 2.26. The van der Waals surface area contributed by atoms with E-state index in [0.29, 0.717) is 12.5 Å². The minimum Gasteiger partial charge on any atom is -0.383 e. The third kappa shape index (κ3) is 2.98. The molecule has 1 aliphatic rings. The molecule has 17 heavy (non-hydrogen) atoms. The summed E-state index contributed by atoms with van der Waals surface area (Å²) in [6.07, 6.45) is 0. The van der Waals surface area contributed by atoms with E-state index in [4.69, 9.17) is 15.0 Å². The van der Waals surface area contributed by atoms with Gasteiger partial charge in [0, 0.05) is 25.2 Å². The Morgan fingerprint density at radius 2 is 2.53 bits per heavy atom. The van der Waals surface area contributed by atoms with Crippen LogP contribution in [-0.2, 0) is 4.74 Å². The van der Waals surface area contributed by atoms with Crippen LogP contribution >= 0.6 is 11.8 Å². The van der Waals surface area contributed by atoms with Crippen molar-refractivity contribution >= 4 is 11.8 Å². The first-order chi connectivity index (χ1) is 8.22. The predicted molar refractivity (Wildman–Crippen MR) is 65.8 cm³/mol. The molecule has 7 heteroatoms. The van der Waals surface area contributed by atoms with E-state index in [9.17, 15) is 0 Å². The lowest BCUT2D eigenvalue weighted by molar-refractivity contribution is 0.166. The topological polar surface area (TPSA) is 77.4 Å². The molecule has 6 nitrogen and oxygen atoms in total. The van der Waals surface area contributed by atoms with E-state index in [1.54, 1.807) is 7.11 Å². The van der Waals surface area contributed by atoms with Gasteiger partial charge in [0.05, 0.1) is 12.6 Å². The highest BCUT2D eigenvalue weighted by Crippen LogP contribution is 2.26. The number of nitrogens with two attached hydrogens (primary N) is 1. The van der Waals surface area contributed by atoms with Crippen LogP contribution in [0.2, 0.25) is 0 Å². The summed E-state index contributed by atoms with van der Waals surface area (Å²) in [6.45, 7) is 1.43. The van der Waals surface area contributed by atoms with E-state index in [1.165, 1.54) is 0 Å². The monoisotopic (exact) mass is 258 g/mol. The molecule has 1 aromatic heterocycles. The van der Waals surface area contributed by atoms with Crippen molar-refractivity contribution < 1.29 is 9.26 Å². The second kappa shape index (κ2) is 5.81. The Bertz CT molecular complexity index is 360. The fourth-order valence-electron chi connectivity index (χ4n) is 1.74. The van der Waals surface area contributed by atoms with Crippen LogP contribution in [0.3, 0.4) is 0 Å². The average Bonchev–Trinajstić information content (AvgIpc) is 2.79. The van der Waals surface area contributed by atoms with E-state index in [1.807, 2.05) is 11.8 Å². The van der Waals surface area contributed by atoms with Crippen LogP contribution in [-0.4, -0.2) is 53.9 Å². The van der Waals surface area contributed by atoms with Crippen LogP contribution in [0.4, 0.5) is 0 Å². The van der Waals surface area contributed by atoms with Crippen LogP contribution in [0.15, 0.2) is 4.52 Å². The Labute approximate surface area is 105 Å². The Morgan fingerprint density at radius 1 is 1.71 bits per heavy atom. The van der Waals surface area contributed by atoms with E-state index in [0.717, 1.165) is 23.9 Å². The smallest absolute Gasteiger partial charge is 0.246 e. The Morgan fingerprint density at radius 3 is 3.24 bits per heavy atom. The number of nitrogens with zero attached hydrogens (tertiary/aromatic N) is 3. The van der Waals surface area contributed by atoms with Gasteiger partial charge in [-0.05, 0) is 7.05 Å². The van der Waals surface area contributed by atoms with Crippen molar-refractivity contribution in [2.45, 2.75) is 12.1 Å². The van der Waals surface area contributed by atoms with E-state index >= 15 is 0 Å². The number of ether oxygens (including phenoxy) is 1. The SMILES string of the molecule is COCC(N)c1nc(C2CSCCN2C)no1. The highest BCUT2D eigenvalue weighted by molar-refractivity contribution is 7.99. The van der Waals surface area contributed by atoms with E-state index in [2.05, 4.69) is 22.1 Å². The molecule has 0 spiro atoms. The zero-order valence-corrected chi connectivity index (χ0v) is 10.9. The summed E-state index contributed by atoms with van der Waals surface area (Å²) < 4.78 is 10.1. The second-order valence-electron chi connectivity index (χ2n) is 4.12. The molecule has 1 saturated heterocycles. The quantitative estimate of drug-likeness (QED) is 0.839. The maximum Gasteiger partial charge on any atom is 0.246 e. The summed E-state index contributed by atoms with van der Waals surface area (Å²) in [7, 11) is 3.68. The molecule has 96 valence electrons. The van der Waals surface area contributed by atoms with Gasteiger partial charge in [-0.15, -0.1) is 0 Å². The molecular weight excluding hydrogens is 240 g/mol. The van der Waals surface area contributed by atoms with Crippen molar-refractivity contribution in [1.29, 1.82) is 0 Å². The first-order valence-electron chi connectivity index (χ1n) is 5.58. The van der Waals surface area contributed by atoms with Gasteiger partial charge in [-0.3, -0.25) is 4.90 Å². The molecule has 0 amide bonds. The molecule has 1 fully saturated rings. The number of hydrogen-bond acceptors (Lipinski definition) is 7. The molecule has 2 atom stereocenters. The molecule has 2 unspecified atom stereocenters. The summed E-state index contributed by atoms with van der Waals surface area (Å²) in [5, 5.41) is 4.02. The molecule has 0 aromatic carbocycles. The van der Waals surface area contributed by atoms with Gasteiger partial charge in [0.1, 0.15) is 6.04 Å². The van der Waals surface area contributed by atoms with Gasteiger partial charge in [0.15, 0.2) is 5.82 Å². The summed E-state index contributed by atoms with van der Waals surface area (Å²) in [4.78, 5) is 6.61. The van der Waals surface area contributed by atoms with Gasteiger partial charge >= 0.3 is 0 Å². The van der Waals surface area contributed by atoms with Gasteiger partial charge in [-0.1, -0.05) is 5.16 Å². The number of hydrogen-bond donors (Lipinski definition) is 1. The van der Waals surface area contributed by atoms with Crippen molar-refractivity contribution in [2.24, 2.45) is 5.73 Å². The van der Waals surface area contributed by atoms with Crippen LogP contribution in [0.1, 0.15) is 23.8 Å². The molecule has 2 heterocycles. The Kier molecular flexibility index (Phi) is 4.38. The molecule has 0 saturated carbocycles. The fraction of sp³-hybridized carbons (Fsp3) is 0.800. The van der Waals surface area contributed by atoms with Crippen molar-refractivity contribution in [3.63, 3.8) is 0 Å². The standard InChI is InChI=1S/C10H18N4O2S/c1-14-3-4-17-6-8(14)9-12-10(16-13-9)7(11)5-15-2/h7-8H,3-6,11H2,1-2H3. The maximum absolute atomic E-state index is 5.84. The van der Waals surface area contributed by atoms with Crippen molar-refractivity contribution in [2.75, 3.05) is 38.8 Å². The number of thioether (sulfide) groups is 1. The van der Waals surface area contributed by atoms with E-state index < -0.39 is 0 Å². The van der Waals surface area contributed by atoms with Crippen molar-refractivity contribution in [3.05, 3.63) is 11.7 Å². The Hall–Kier alpha value is -0.630. The first kappa shape index (κ1) is 12.8. The summed E-state index contributed by atoms with van der Waals surface area (Å²) in [5.41, 5.74) is 5.84. The maximum atomic E-state index is 5.84. The van der Waals surface area contributed by atoms with Gasteiger partial charge in [-0.25, -0.2) is 0 Å². The Balaban J connectivity index is 2.06. The van der Waals surface area contributed by atoms with Crippen molar-refractivity contribution in [1.82, 2.24) is 15.0 Å². The molecule has 2 rings (SSSR count). The summed E-state index contributed by atoms with van der Waals surface area (Å²) in [5.74, 6) is 3.32. The van der Waals surface area contributed by atoms with Gasteiger partial charge in [0.25, 0.3) is 0 Å². The molecule has 1 aliphatic heterocycles. The fourth-order valence-corrected chi connectivity index (χ4v) is 2.95. The lowest BCUT2D eigenvalue weighted by atomic mass is 10.2. The minimum atomic E-state index is -0.345. The normalized spacial score (nSPS) is 23.8. The average molecular weight is 258 g/mol.